The maximum atomic E-state index is 13.2. The van der Waals surface area contributed by atoms with Crippen LogP contribution >= 0.6 is 0 Å². The molecule has 1 aliphatic rings. The molecule has 0 unspecified atom stereocenters. The summed E-state index contributed by atoms with van der Waals surface area (Å²) in [6.45, 7) is 2.14. The Balaban J connectivity index is 1.74. The van der Waals surface area contributed by atoms with Crippen LogP contribution in [0.3, 0.4) is 0 Å². The summed E-state index contributed by atoms with van der Waals surface area (Å²) in [4.78, 5) is 22.7. The quantitative estimate of drug-likeness (QED) is 0.724. The summed E-state index contributed by atoms with van der Waals surface area (Å²) in [5.74, 6) is 0.435. The van der Waals surface area contributed by atoms with Crippen molar-refractivity contribution >= 4 is 17.5 Å². The number of fused-ring (bicyclic) bond motifs is 1. The third-order valence-electron chi connectivity index (χ3n) is 4.79. The van der Waals surface area contributed by atoms with Crippen molar-refractivity contribution in [3.63, 3.8) is 0 Å². The SMILES string of the molecule is CNc1cc(-c2cnn3c2C(=O)N(c2ccc(C(F)(F)F)cn2)C[C@@H]3C)ccn1. The van der Waals surface area contributed by atoms with Gasteiger partial charge in [0, 0.05) is 31.5 Å². The Morgan fingerprint density at radius 3 is 2.62 bits per heavy atom. The molecule has 0 aliphatic carbocycles. The standard InChI is InChI=1S/C19H17F3N6O/c1-11-10-27(16-4-3-13(8-25-16)19(20,21)22)18(29)17-14(9-26-28(11)17)12-5-6-24-15(7-12)23-2/h3-9,11H,10H2,1-2H3,(H,23,24)/t11-/m0/s1. The highest BCUT2D eigenvalue weighted by Crippen LogP contribution is 2.34. The van der Waals surface area contributed by atoms with Crippen LogP contribution in [0.15, 0.2) is 42.9 Å². The molecule has 0 spiro atoms. The summed E-state index contributed by atoms with van der Waals surface area (Å²) in [7, 11) is 1.74. The van der Waals surface area contributed by atoms with Gasteiger partial charge in [0.1, 0.15) is 17.3 Å². The molecule has 0 saturated heterocycles. The first-order valence-corrected chi connectivity index (χ1v) is 8.86. The summed E-state index contributed by atoms with van der Waals surface area (Å²) in [5, 5.41) is 7.30. The molecular weight excluding hydrogens is 385 g/mol. The van der Waals surface area contributed by atoms with E-state index in [4.69, 9.17) is 0 Å². The number of rotatable bonds is 3. The molecule has 4 rings (SSSR count). The monoisotopic (exact) mass is 402 g/mol. The van der Waals surface area contributed by atoms with Gasteiger partial charge in [0.25, 0.3) is 5.91 Å². The molecule has 3 aromatic heterocycles. The molecule has 0 bridgehead atoms. The zero-order valence-electron chi connectivity index (χ0n) is 15.6. The van der Waals surface area contributed by atoms with Gasteiger partial charge in [-0.3, -0.25) is 14.4 Å². The Morgan fingerprint density at radius 1 is 1.17 bits per heavy atom. The highest BCUT2D eigenvalue weighted by Gasteiger charge is 2.35. The fourth-order valence-corrected chi connectivity index (χ4v) is 3.32. The van der Waals surface area contributed by atoms with Crippen molar-refractivity contribution in [3.05, 3.63) is 54.1 Å². The summed E-state index contributed by atoms with van der Waals surface area (Å²) in [6.07, 6.45) is -0.510. The van der Waals surface area contributed by atoms with Crippen LogP contribution in [0.1, 0.15) is 29.0 Å². The molecule has 0 saturated carbocycles. The normalized spacial score (nSPS) is 16.7. The van der Waals surface area contributed by atoms with Crippen LogP contribution in [0, 0.1) is 0 Å². The molecule has 1 atom stereocenters. The Morgan fingerprint density at radius 2 is 1.97 bits per heavy atom. The third kappa shape index (κ3) is 3.30. The second kappa shape index (κ2) is 6.87. The first-order chi connectivity index (χ1) is 13.8. The van der Waals surface area contributed by atoms with Gasteiger partial charge in [-0.05, 0) is 36.8 Å². The maximum Gasteiger partial charge on any atom is 0.417 e. The molecular formula is C19H17F3N6O. The van der Waals surface area contributed by atoms with E-state index in [1.165, 1.54) is 11.0 Å². The van der Waals surface area contributed by atoms with Crippen molar-refractivity contribution in [2.75, 3.05) is 23.8 Å². The van der Waals surface area contributed by atoms with E-state index in [1.807, 2.05) is 6.92 Å². The molecule has 0 radical (unpaired) electrons. The number of alkyl halides is 3. The van der Waals surface area contributed by atoms with Gasteiger partial charge >= 0.3 is 6.18 Å². The van der Waals surface area contributed by atoms with Crippen molar-refractivity contribution in [1.82, 2.24) is 19.7 Å². The van der Waals surface area contributed by atoms with Crippen molar-refractivity contribution < 1.29 is 18.0 Å². The lowest BCUT2D eigenvalue weighted by Gasteiger charge is -2.31. The number of pyridine rings is 2. The third-order valence-corrected chi connectivity index (χ3v) is 4.79. The molecule has 7 nitrogen and oxygen atoms in total. The molecule has 1 amide bonds. The maximum absolute atomic E-state index is 13.2. The van der Waals surface area contributed by atoms with Crippen LogP contribution in [0.2, 0.25) is 0 Å². The topological polar surface area (TPSA) is 75.9 Å². The van der Waals surface area contributed by atoms with Crippen LogP contribution in [-0.4, -0.2) is 39.2 Å². The second-order valence-electron chi connectivity index (χ2n) is 6.70. The number of aromatic nitrogens is 4. The Bertz CT molecular complexity index is 1060. The highest BCUT2D eigenvalue weighted by molar-refractivity contribution is 6.09. The van der Waals surface area contributed by atoms with Gasteiger partial charge in [0.2, 0.25) is 0 Å². The van der Waals surface area contributed by atoms with Gasteiger partial charge in [0.15, 0.2) is 0 Å². The zero-order valence-corrected chi connectivity index (χ0v) is 15.6. The number of halogens is 3. The number of hydrogen-bond acceptors (Lipinski definition) is 5. The van der Waals surface area contributed by atoms with E-state index in [0.29, 0.717) is 17.1 Å². The van der Waals surface area contributed by atoms with E-state index in [0.717, 1.165) is 17.8 Å². The second-order valence-corrected chi connectivity index (χ2v) is 6.70. The number of carbonyl (C=O) groups excluding carboxylic acids is 1. The predicted octanol–water partition coefficient (Wildman–Crippen LogP) is 3.62. The number of anilines is 2. The minimum absolute atomic E-state index is 0.166. The van der Waals surface area contributed by atoms with Crippen molar-refractivity contribution in [2.24, 2.45) is 0 Å². The molecule has 29 heavy (non-hydrogen) atoms. The van der Waals surface area contributed by atoms with Gasteiger partial charge in [-0.25, -0.2) is 9.97 Å². The van der Waals surface area contributed by atoms with E-state index in [2.05, 4.69) is 20.4 Å². The smallest absolute Gasteiger partial charge is 0.373 e. The summed E-state index contributed by atoms with van der Waals surface area (Å²) in [5.41, 5.74) is 0.880. The molecule has 4 heterocycles. The summed E-state index contributed by atoms with van der Waals surface area (Å²) in [6, 6.07) is 5.53. The molecule has 0 aromatic carbocycles. The number of nitrogens with one attached hydrogen (secondary N) is 1. The molecule has 10 heteroatoms. The van der Waals surface area contributed by atoms with Gasteiger partial charge in [0.05, 0.1) is 17.8 Å². The fourth-order valence-electron chi connectivity index (χ4n) is 3.32. The number of nitrogens with zero attached hydrogens (tertiary/aromatic N) is 5. The average Bonchev–Trinajstić information content (AvgIpc) is 3.16. The van der Waals surface area contributed by atoms with Crippen molar-refractivity contribution in [1.29, 1.82) is 0 Å². The molecule has 0 fully saturated rings. The van der Waals surface area contributed by atoms with E-state index in [-0.39, 0.29) is 24.3 Å². The summed E-state index contributed by atoms with van der Waals surface area (Å²) >= 11 is 0. The van der Waals surface area contributed by atoms with Crippen LogP contribution in [0.5, 0.6) is 0 Å². The fraction of sp³-hybridized carbons (Fsp3) is 0.263. The van der Waals surface area contributed by atoms with Gasteiger partial charge < -0.3 is 5.32 Å². The molecule has 1 N–H and O–H groups in total. The average molecular weight is 402 g/mol. The van der Waals surface area contributed by atoms with Crippen molar-refractivity contribution in [3.8, 4) is 11.1 Å². The summed E-state index contributed by atoms with van der Waals surface area (Å²) < 4.78 is 40.1. The highest BCUT2D eigenvalue weighted by atomic mass is 19.4. The van der Waals surface area contributed by atoms with Crippen LogP contribution < -0.4 is 10.2 Å². The number of carbonyl (C=O) groups is 1. The molecule has 3 aromatic rings. The van der Waals surface area contributed by atoms with Gasteiger partial charge in [-0.1, -0.05) is 0 Å². The largest absolute Gasteiger partial charge is 0.417 e. The first kappa shape index (κ1) is 18.9. The van der Waals surface area contributed by atoms with Crippen LogP contribution in [0.25, 0.3) is 11.1 Å². The van der Waals surface area contributed by atoms with Crippen LogP contribution in [0.4, 0.5) is 24.8 Å². The van der Waals surface area contributed by atoms with Gasteiger partial charge in [-0.2, -0.15) is 18.3 Å². The number of hydrogen-bond donors (Lipinski definition) is 1. The van der Waals surface area contributed by atoms with E-state index < -0.39 is 11.7 Å². The Kier molecular flexibility index (Phi) is 4.48. The minimum Gasteiger partial charge on any atom is -0.373 e. The van der Waals surface area contributed by atoms with Crippen LogP contribution in [-0.2, 0) is 6.18 Å². The van der Waals surface area contributed by atoms with E-state index in [1.54, 1.807) is 36.3 Å². The van der Waals surface area contributed by atoms with E-state index in [9.17, 15) is 18.0 Å². The first-order valence-electron chi connectivity index (χ1n) is 8.86. The Hall–Kier alpha value is -3.43. The molecule has 150 valence electrons. The zero-order chi connectivity index (χ0) is 20.8. The Labute approximate surface area is 164 Å². The van der Waals surface area contributed by atoms with Gasteiger partial charge in [-0.15, -0.1) is 0 Å². The lowest BCUT2D eigenvalue weighted by Crippen LogP contribution is -2.43. The van der Waals surface area contributed by atoms with Crippen molar-refractivity contribution in [2.45, 2.75) is 19.1 Å². The molecule has 1 aliphatic heterocycles. The van der Waals surface area contributed by atoms with E-state index >= 15 is 0 Å². The predicted molar refractivity (Wildman–Crippen MR) is 101 cm³/mol. The minimum atomic E-state index is -4.48. The lowest BCUT2D eigenvalue weighted by atomic mass is 10.0. The number of amides is 1. The lowest BCUT2D eigenvalue weighted by molar-refractivity contribution is -0.137.